The lowest BCUT2D eigenvalue weighted by Gasteiger charge is -1.99. The van der Waals surface area contributed by atoms with E-state index in [-0.39, 0.29) is 17.3 Å². The maximum atomic E-state index is 11.8. The predicted molar refractivity (Wildman–Crippen MR) is 77.7 cm³/mol. The highest BCUT2D eigenvalue weighted by molar-refractivity contribution is 6.06. The maximum Gasteiger partial charge on any atom is 0.224 e. The minimum absolute atomic E-state index is 0.0398. The van der Waals surface area contributed by atoms with E-state index < -0.39 is 0 Å². The van der Waals surface area contributed by atoms with Crippen LogP contribution in [-0.2, 0) is 0 Å². The Kier molecular flexibility index (Phi) is 3.09. The normalized spacial score (nSPS) is 11.2. The molecule has 0 radical (unpaired) electrons. The first-order chi connectivity index (χ1) is 9.74. The Bertz CT molecular complexity index is 797. The number of rotatable bonds is 3. The lowest BCUT2D eigenvalue weighted by Crippen LogP contribution is -1.91. The summed E-state index contributed by atoms with van der Waals surface area (Å²) in [6.07, 6.45) is 4.38. The molecule has 0 bridgehead atoms. The van der Waals surface area contributed by atoms with Crippen LogP contribution in [0.25, 0.3) is 16.8 Å². The molecule has 0 atom stereocenters. The standard InChI is InChI=1S/C17H12O3/c18-15(17-16(19)9-10-20-17)8-6-12-5-7-13-3-1-2-4-14(13)11-12/h1-11,19H/b8-6+. The second-order valence-corrected chi connectivity index (χ2v) is 4.44. The van der Waals surface area contributed by atoms with E-state index in [1.54, 1.807) is 6.08 Å². The van der Waals surface area contributed by atoms with E-state index in [0.717, 1.165) is 16.3 Å². The van der Waals surface area contributed by atoms with E-state index in [2.05, 4.69) is 0 Å². The Hall–Kier alpha value is -2.81. The van der Waals surface area contributed by atoms with Gasteiger partial charge in [-0.1, -0.05) is 42.5 Å². The Morgan fingerprint density at radius 2 is 1.85 bits per heavy atom. The number of fused-ring (bicyclic) bond motifs is 1. The zero-order valence-electron chi connectivity index (χ0n) is 10.6. The number of allylic oxidation sites excluding steroid dienone is 1. The molecule has 0 unspecified atom stereocenters. The molecule has 3 nitrogen and oxygen atoms in total. The van der Waals surface area contributed by atoms with Crippen LogP contribution in [0.5, 0.6) is 5.75 Å². The summed E-state index contributed by atoms with van der Waals surface area (Å²) in [4.78, 5) is 11.8. The highest BCUT2D eigenvalue weighted by atomic mass is 16.4. The number of hydrogen-bond donors (Lipinski definition) is 1. The molecule has 1 N–H and O–H groups in total. The van der Waals surface area contributed by atoms with E-state index in [0.29, 0.717) is 0 Å². The van der Waals surface area contributed by atoms with E-state index >= 15 is 0 Å². The molecule has 98 valence electrons. The fourth-order valence-electron chi connectivity index (χ4n) is 2.05. The first-order valence-electron chi connectivity index (χ1n) is 6.22. The van der Waals surface area contributed by atoms with Gasteiger partial charge in [0.25, 0.3) is 0 Å². The topological polar surface area (TPSA) is 50.4 Å². The van der Waals surface area contributed by atoms with Gasteiger partial charge in [-0.25, -0.2) is 0 Å². The molecule has 20 heavy (non-hydrogen) atoms. The molecular formula is C17H12O3. The van der Waals surface area contributed by atoms with Gasteiger partial charge in [-0.15, -0.1) is 0 Å². The third kappa shape index (κ3) is 2.34. The SMILES string of the molecule is O=C(/C=C/c1ccc2ccccc2c1)c1occc1O. The predicted octanol–water partition coefficient (Wildman–Crippen LogP) is 4.03. The average molecular weight is 264 g/mol. The molecule has 0 aliphatic carbocycles. The van der Waals surface area contributed by atoms with Crippen LogP contribution in [0.4, 0.5) is 0 Å². The van der Waals surface area contributed by atoms with Crippen molar-refractivity contribution in [1.29, 1.82) is 0 Å². The highest BCUT2D eigenvalue weighted by Crippen LogP contribution is 2.20. The van der Waals surface area contributed by atoms with Gasteiger partial charge < -0.3 is 9.52 Å². The number of hydrogen-bond acceptors (Lipinski definition) is 3. The summed E-state index contributed by atoms with van der Waals surface area (Å²) < 4.78 is 4.93. The number of aromatic hydroxyl groups is 1. The monoisotopic (exact) mass is 264 g/mol. The number of ketones is 1. The van der Waals surface area contributed by atoms with Crippen molar-refractivity contribution in [3.05, 3.63) is 72.2 Å². The van der Waals surface area contributed by atoms with Gasteiger partial charge in [0.05, 0.1) is 6.26 Å². The van der Waals surface area contributed by atoms with Crippen molar-refractivity contribution in [1.82, 2.24) is 0 Å². The van der Waals surface area contributed by atoms with E-state index in [4.69, 9.17) is 4.42 Å². The van der Waals surface area contributed by atoms with Crippen LogP contribution < -0.4 is 0 Å². The molecule has 3 aromatic rings. The molecule has 2 aromatic carbocycles. The van der Waals surface area contributed by atoms with Gasteiger partial charge in [0, 0.05) is 6.07 Å². The highest BCUT2D eigenvalue weighted by Gasteiger charge is 2.11. The van der Waals surface area contributed by atoms with Gasteiger partial charge in [0.1, 0.15) is 0 Å². The van der Waals surface area contributed by atoms with Gasteiger partial charge in [0.2, 0.25) is 11.5 Å². The zero-order valence-corrected chi connectivity index (χ0v) is 10.6. The van der Waals surface area contributed by atoms with Crippen LogP contribution in [0.1, 0.15) is 16.1 Å². The van der Waals surface area contributed by atoms with Crippen molar-refractivity contribution in [2.45, 2.75) is 0 Å². The summed E-state index contributed by atoms with van der Waals surface area (Å²) in [5.41, 5.74) is 0.920. The van der Waals surface area contributed by atoms with E-state index in [1.165, 1.54) is 18.4 Å². The first-order valence-corrected chi connectivity index (χ1v) is 6.22. The summed E-state index contributed by atoms with van der Waals surface area (Å²) >= 11 is 0. The van der Waals surface area contributed by atoms with Crippen LogP contribution in [0.3, 0.4) is 0 Å². The second-order valence-electron chi connectivity index (χ2n) is 4.44. The molecule has 0 fully saturated rings. The molecule has 0 saturated carbocycles. The van der Waals surface area contributed by atoms with Crippen LogP contribution >= 0.6 is 0 Å². The van der Waals surface area contributed by atoms with Gasteiger partial charge in [-0.3, -0.25) is 4.79 Å². The second kappa shape index (κ2) is 5.05. The summed E-state index contributed by atoms with van der Waals surface area (Å²) in [6.45, 7) is 0. The molecule has 1 heterocycles. The van der Waals surface area contributed by atoms with E-state index in [1.807, 2.05) is 42.5 Å². The summed E-state index contributed by atoms with van der Waals surface area (Å²) in [6, 6.07) is 15.3. The summed E-state index contributed by atoms with van der Waals surface area (Å²) in [5.74, 6) is -0.541. The molecule has 0 saturated heterocycles. The van der Waals surface area contributed by atoms with Crippen LogP contribution in [0.2, 0.25) is 0 Å². The molecule has 0 spiro atoms. The molecule has 0 amide bonds. The van der Waals surface area contributed by atoms with Crippen molar-refractivity contribution in [2.24, 2.45) is 0 Å². The van der Waals surface area contributed by atoms with Crippen molar-refractivity contribution in [2.75, 3.05) is 0 Å². The first kappa shape index (κ1) is 12.2. The summed E-state index contributed by atoms with van der Waals surface area (Å²) in [7, 11) is 0. The number of furan rings is 1. The fourth-order valence-corrected chi connectivity index (χ4v) is 2.05. The molecule has 3 heteroatoms. The Balaban J connectivity index is 1.87. The smallest absolute Gasteiger partial charge is 0.224 e. The third-order valence-electron chi connectivity index (χ3n) is 3.07. The number of carbonyl (C=O) groups excluding carboxylic acids is 1. The van der Waals surface area contributed by atoms with Gasteiger partial charge in [0.15, 0.2) is 5.75 Å². The molecule has 1 aromatic heterocycles. The minimum Gasteiger partial charge on any atom is -0.504 e. The third-order valence-corrected chi connectivity index (χ3v) is 3.07. The quantitative estimate of drug-likeness (QED) is 0.574. The van der Waals surface area contributed by atoms with Crippen molar-refractivity contribution in [3.8, 4) is 5.75 Å². The average Bonchev–Trinajstić information content (AvgIpc) is 2.91. The minimum atomic E-state index is -0.361. The largest absolute Gasteiger partial charge is 0.504 e. The Morgan fingerprint density at radius 3 is 2.60 bits per heavy atom. The van der Waals surface area contributed by atoms with Crippen LogP contribution in [-0.4, -0.2) is 10.9 Å². The summed E-state index contributed by atoms with van der Waals surface area (Å²) in [5, 5.41) is 11.7. The molecule has 0 aliphatic rings. The van der Waals surface area contributed by atoms with Gasteiger partial charge >= 0.3 is 0 Å². The van der Waals surface area contributed by atoms with Crippen LogP contribution in [0, 0.1) is 0 Å². The van der Waals surface area contributed by atoms with Crippen molar-refractivity contribution < 1.29 is 14.3 Å². The Labute approximate surface area is 115 Å². The van der Waals surface area contributed by atoms with Gasteiger partial charge in [-0.2, -0.15) is 0 Å². The van der Waals surface area contributed by atoms with Gasteiger partial charge in [-0.05, 0) is 28.5 Å². The molecular weight excluding hydrogens is 252 g/mol. The fraction of sp³-hybridized carbons (Fsp3) is 0. The van der Waals surface area contributed by atoms with E-state index in [9.17, 15) is 9.90 Å². The van der Waals surface area contributed by atoms with Crippen molar-refractivity contribution >= 4 is 22.6 Å². The number of benzene rings is 2. The lowest BCUT2D eigenvalue weighted by molar-refractivity contribution is 0.101. The van der Waals surface area contributed by atoms with Crippen molar-refractivity contribution in [3.63, 3.8) is 0 Å². The van der Waals surface area contributed by atoms with Crippen LogP contribution in [0.15, 0.2) is 65.3 Å². The Morgan fingerprint density at radius 1 is 1.05 bits per heavy atom. The lowest BCUT2D eigenvalue weighted by atomic mass is 10.1. The maximum absolute atomic E-state index is 11.8. The zero-order chi connectivity index (χ0) is 13.9. The number of carbonyl (C=O) groups is 1. The molecule has 3 rings (SSSR count). The molecule has 0 aliphatic heterocycles.